The first-order chi connectivity index (χ1) is 11.5. The van der Waals surface area contributed by atoms with Gasteiger partial charge in [-0.1, -0.05) is 18.1 Å². The molecule has 0 saturated heterocycles. The van der Waals surface area contributed by atoms with Gasteiger partial charge in [0.25, 0.3) is 0 Å². The smallest absolute Gasteiger partial charge is 0.224 e. The molecule has 1 fully saturated rings. The van der Waals surface area contributed by atoms with Gasteiger partial charge in [-0.25, -0.2) is 0 Å². The lowest BCUT2D eigenvalue weighted by Gasteiger charge is -2.20. The Kier molecular flexibility index (Phi) is 4.95. The highest BCUT2D eigenvalue weighted by Crippen LogP contribution is 2.28. The summed E-state index contributed by atoms with van der Waals surface area (Å²) in [7, 11) is 1.73. The molecule has 0 radical (unpaired) electrons. The first kappa shape index (κ1) is 17.0. The Bertz CT molecular complexity index is 748. The predicted molar refractivity (Wildman–Crippen MR) is 97.4 cm³/mol. The van der Waals surface area contributed by atoms with Gasteiger partial charge >= 0.3 is 0 Å². The van der Waals surface area contributed by atoms with Crippen molar-refractivity contribution in [2.45, 2.75) is 52.5 Å². The highest BCUT2D eigenvalue weighted by atomic mass is 16.5. The third-order valence-electron chi connectivity index (χ3n) is 5.29. The monoisotopic (exact) mass is 328 g/mol. The molecule has 1 aliphatic carbocycles. The van der Waals surface area contributed by atoms with Crippen LogP contribution in [0.25, 0.3) is 10.9 Å². The third kappa shape index (κ3) is 3.34. The van der Waals surface area contributed by atoms with E-state index in [1.807, 2.05) is 0 Å². The van der Waals surface area contributed by atoms with Crippen LogP contribution in [0, 0.1) is 26.7 Å². The van der Waals surface area contributed by atoms with Crippen LogP contribution >= 0.6 is 0 Å². The zero-order valence-corrected chi connectivity index (χ0v) is 15.2. The highest BCUT2D eigenvalue weighted by Gasteiger charge is 2.28. The van der Waals surface area contributed by atoms with Gasteiger partial charge in [0.1, 0.15) is 0 Å². The van der Waals surface area contributed by atoms with E-state index >= 15 is 0 Å². The van der Waals surface area contributed by atoms with Crippen molar-refractivity contribution in [1.29, 1.82) is 0 Å². The fourth-order valence-electron chi connectivity index (χ4n) is 4.12. The summed E-state index contributed by atoms with van der Waals surface area (Å²) >= 11 is 0. The molecular formula is C20H28N2O2. The number of fused-ring (bicyclic) bond motifs is 1. The van der Waals surface area contributed by atoms with Crippen molar-refractivity contribution in [3.8, 4) is 0 Å². The second-order valence-corrected chi connectivity index (χ2v) is 7.23. The number of ether oxygens (including phenoxy) is 1. The van der Waals surface area contributed by atoms with E-state index < -0.39 is 0 Å². The number of benzene rings is 1. The molecule has 0 bridgehead atoms. The van der Waals surface area contributed by atoms with Gasteiger partial charge in [-0.05, 0) is 50.8 Å². The van der Waals surface area contributed by atoms with Gasteiger partial charge in [0, 0.05) is 35.7 Å². The van der Waals surface area contributed by atoms with E-state index in [0.29, 0.717) is 12.3 Å². The molecule has 2 atom stereocenters. The number of H-pyrrole nitrogens is 1. The SMILES string of the molecule is COC[C@H]1CCC[C@H]1NC(=O)Cc1c(C)[nH]c2c(C)cc(C)cc12. The summed E-state index contributed by atoms with van der Waals surface area (Å²) in [6.45, 7) is 7.01. The molecule has 1 saturated carbocycles. The van der Waals surface area contributed by atoms with Crippen molar-refractivity contribution >= 4 is 16.8 Å². The Hall–Kier alpha value is -1.81. The van der Waals surface area contributed by atoms with Crippen LogP contribution in [0.2, 0.25) is 0 Å². The number of hydrogen-bond donors (Lipinski definition) is 2. The molecule has 0 aliphatic heterocycles. The molecule has 4 nitrogen and oxygen atoms in total. The Morgan fingerprint density at radius 2 is 2.08 bits per heavy atom. The van der Waals surface area contributed by atoms with Crippen LogP contribution in [0.5, 0.6) is 0 Å². The largest absolute Gasteiger partial charge is 0.384 e. The molecule has 1 amide bonds. The Labute approximate surface area is 144 Å². The molecular weight excluding hydrogens is 300 g/mol. The van der Waals surface area contributed by atoms with Crippen LogP contribution in [-0.2, 0) is 16.0 Å². The Morgan fingerprint density at radius 1 is 1.29 bits per heavy atom. The molecule has 1 heterocycles. The second-order valence-electron chi connectivity index (χ2n) is 7.23. The van der Waals surface area contributed by atoms with Crippen LogP contribution in [-0.4, -0.2) is 30.6 Å². The summed E-state index contributed by atoms with van der Waals surface area (Å²) in [4.78, 5) is 16.1. The summed E-state index contributed by atoms with van der Waals surface area (Å²) in [5.41, 5.74) is 5.83. The topological polar surface area (TPSA) is 54.1 Å². The zero-order chi connectivity index (χ0) is 17.3. The Balaban J connectivity index is 1.77. The first-order valence-corrected chi connectivity index (χ1v) is 8.86. The number of methoxy groups -OCH3 is 1. The molecule has 1 aromatic carbocycles. The van der Waals surface area contributed by atoms with Gasteiger partial charge in [-0.2, -0.15) is 0 Å². The van der Waals surface area contributed by atoms with Crippen LogP contribution in [0.1, 0.15) is 41.6 Å². The van der Waals surface area contributed by atoms with E-state index in [-0.39, 0.29) is 11.9 Å². The van der Waals surface area contributed by atoms with E-state index in [1.54, 1.807) is 7.11 Å². The molecule has 1 aliphatic rings. The number of carbonyl (C=O) groups excluding carboxylic acids is 1. The summed E-state index contributed by atoms with van der Waals surface area (Å²) in [5.74, 6) is 0.568. The number of hydrogen-bond acceptors (Lipinski definition) is 2. The number of rotatable bonds is 5. The molecule has 2 N–H and O–H groups in total. The van der Waals surface area contributed by atoms with E-state index in [4.69, 9.17) is 4.74 Å². The van der Waals surface area contributed by atoms with Crippen molar-refractivity contribution in [3.05, 3.63) is 34.5 Å². The number of aromatic nitrogens is 1. The van der Waals surface area contributed by atoms with E-state index in [2.05, 4.69) is 43.2 Å². The number of aromatic amines is 1. The lowest BCUT2D eigenvalue weighted by atomic mass is 10.0. The molecule has 2 aromatic rings. The molecule has 4 heteroatoms. The molecule has 1 aromatic heterocycles. The summed E-state index contributed by atoms with van der Waals surface area (Å²) in [6, 6.07) is 4.61. The molecule has 130 valence electrons. The minimum atomic E-state index is 0.117. The van der Waals surface area contributed by atoms with Gasteiger partial charge in [0.05, 0.1) is 13.0 Å². The fourth-order valence-corrected chi connectivity index (χ4v) is 4.12. The molecule has 24 heavy (non-hydrogen) atoms. The van der Waals surface area contributed by atoms with Gasteiger partial charge in [-0.15, -0.1) is 0 Å². The van der Waals surface area contributed by atoms with E-state index in [0.717, 1.165) is 36.2 Å². The van der Waals surface area contributed by atoms with Crippen molar-refractivity contribution in [3.63, 3.8) is 0 Å². The van der Waals surface area contributed by atoms with E-state index in [1.165, 1.54) is 22.9 Å². The minimum Gasteiger partial charge on any atom is -0.384 e. The van der Waals surface area contributed by atoms with Gasteiger partial charge in [0.2, 0.25) is 5.91 Å². The lowest BCUT2D eigenvalue weighted by Crippen LogP contribution is -2.39. The van der Waals surface area contributed by atoms with Crippen LogP contribution in [0.4, 0.5) is 0 Å². The van der Waals surface area contributed by atoms with Crippen LogP contribution in [0.15, 0.2) is 12.1 Å². The van der Waals surface area contributed by atoms with Gasteiger partial charge < -0.3 is 15.0 Å². The molecule has 0 spiro atoms. The second kappa shape index (κ2) is 6.98. The first-order valence-electron chi connectivity index (χ1n) is 8.86. The minimum absolute atomic E-state index is 0.117. The zero-order valence-electron chi connectivity index (χ0n) is 15.2. The number of carbonyl (C=O) groups is 1. The average Bonchev–Trinajstić information content (AvgIpc) is 3.06. The molecule has 3 rings (SSSR count). The van der Waals surface area contributed by atoms with Crippen molar-refractivity contribution in [2.24, 2.45) is 5.92 Å². The van der Waals surface area contributed by atoms with Gasteiger partial charge in [0.15, 0.2) is 0 Å². The van der Waals surface area contributed by atoms with Crippen molar-refractivity contribution in [1.82, 2.24) is 10.3 Å². The summed E-state index contributed by atoms with van der Waals surface area (Å²) < 4.78 is 5.29. The maximum Gasteiger partial charge on any atom is 0.224 e. The highest BCUT2D eigenvalue weighted by molar-refractivity contribution is 5.92. The van der Waals surface area contributed by atoms with Crippen molar-refractivity contribution in [2.75, 3.05) is 13.7 Å². The lowest BCUT2D eigenvalue weighted by molar-refractivity contribution is -0.121. The third-order valence-corrected chi connectivity index (χ3v) is 5.29. The maximum atomic E-state index is 12.6. The number of amides is 1. The predicted octanol–water partition coefficient (Wildman–Crippen LogP) is 3.57. The maximum absolute atomic E-state index is 12.6. The van der Waals surface area contributed by atoms with E-state index in [9.17, 15) is 4.79 Å². The average molecular weight is 328 g/mol. The summed E-state index contributed by atoms with van der Waals surface area (Å²) in [5, 5.41) is 4.42. The normalized spacial score (nSPS) is 20.7. The van der Waals surface area contributed by atoms with Crippen molar-refractivity contribution < 1.29 is 9.53 Å². The van der Waals surface area contributed by atoms with Crippen LogP contribution < -0.4 is 5.32 Å². The number of nitrogens with one attached hydrogen (secondary N) is 2. The quantitative estimate of drug-likeness (QED) is 0.881. The van der Waals surface area contributed by atoms with Crippen LogP contribution in [0.3, 0.4) is 0 Å². The Morgan fingerprint density at radius 3 is 2.83 bits per heavy atom. The number of aryl methyl sites for hydroxylation is 3. The van der Waals surface area contributed by atoms with Gasteiger partial charge in [-0.3, -0.25) is 4.79 Å². The standard InChI is InChI=1S/C20H28N2O2/c1-12-8-13(2)20-17(9-12)16(14(3)21-20)10-19(23)22-18-7-5-6-15(18)11-24-4/h8-9,15,18,21H,5-7,10-11H2,1-4H3,(H,22,23)/t15-,18-/m1/s1. The summed E-state index contributed by atoms with van der Waals surface area (Å²) in [6.07, 6.45) is 3.81. The molecule has 0 unspecified atom stereocenters. The fraction of sp³-hybridized carbons (Fsp3) is 0.550.